The van der Waals surface area contributed by atoms with Crippen molar-refractivity contribution >= 4 is 27.5 Å². The highest BCUT2D eigenvalue weighted by atomic mass is 79.9. The zero-order chi connectivity index (χ0) is 13.8. The molecule has 0 amide bonds. The van der Waals surface area contributed by atoms with Crippen molar-refractivity contribution in [2.45, 2.75) is 31.5 Å². The van der Waals surface area contributed by atoms with E-state index in [-0.39, 0.29) is 18.9 Å². The van der Waals surface area contributed by atoms with Crippen LogP contribution in [-0.2, 0) is 0 Å². The van der Waals surface area contributed by atoms with Gasteiger partial charge in [0.1, 0.15) is 0 Å². The Bertz CT molecular complexity index is 398. The minimum atomic E-state index is -4.13. The van der Waals surface area contributed by atoms with Crippen LogP contribution in [0.5, 0.6) is 0 Å². The maximum Gasteiger partial charge on any atom is 0.389 e. The summed E-state index contributed by atoms with van der Waals surface area (Å²) in [6, 6.07) is 4.76. The van der Waals surface area contributed by atoms with Crippen LogP contribution >= 0.6 is 27.5 Å². The third-order valence-corrected chi connectivity index (χ3v) is 3.44. The van der Waals surface area contributed by atoms with Crippen LogP contribution in [0.3, 0.4) is 0 Å². The first-order chi connectivity index (χ1) is 8.33. The Morgan fingerprint density at radius 2 is 2.06 bits per heavy atom. The van der Waals surface area contributed by atoms with Crippen LogP contribution in [0.1, 0.15) is 30.9 Å². The Balaban J connectivity index is 2.68. The molecule has 0 fully saturated rings. The molecule has 3 N–H and O–H groups in total. The van der Waals surface area contributed by atoms with Crippen molar-refractivity contribution in [1.29, 1.82) is 0 Å². The van der Waals surface area contributed by atoms with Crippen LogP contribution in [0.25, 0.3) is 0 Å². The molecule has 0 aliphatic carbocycles. The predicted octanol–water partition coefficient (Wildman–Crippen LogP) is 4.34. The number of nitrogens with two attached hydrogens (primary N) is 1. The molecule has 0 aromatic heterocycles. The van der Waals surface area contributed by atoms with E-state index in [9.17, 15) is 13.2 Å². The first-order valence-corrected chi connectivity index (χ1v) is 6.48. The van der Waals surface area contributed by atoms with Gasteiger partial charge in [0.25, 0.3) is 0 Å². The average molecular weight is 346 g/mol. The zero-order valence-corrected chi connectivity index (χ0v) is 11.7. The quantitative estimate of drug-likeness (QED) is 0.615. The van der Waals surface area contributed by atoms with E-state index >= 15 is 0 Å². The number of nitrogens with one attached hydrogen (secondary N) is 1. The molecule has 1 rings (SSSR count). The molecule has 1 aromatic rings. The van der Waals surface area contributed by atoms with E-state index in [0.717, 1.165) is 10.0 Å². The Morgan fingerprint density at radius 3 is 2.61 bits per heavy atom. The van der Waals surface area contributed by atoms with Crippen LogP contribution in [0, 0.1) is 0 Å². The van der Waals surface area contributed by atoms with Gasteiger partial charge in [-0.1, -0.05) is 27.5 Å². The maximum absolute atomic E-state index is 12.1. The highest BCUT2D eigenvalue weighted by molar-refractivity contribution is 9.10. The molecule has 0 heterocycles. The summed E-state index contributed by atoms with van der Waals surface area (Å²) >= 11 is 9.18. The van der Waals surface area contributed by atoms with Crippen molar-refractivity contribution in [1.82, 2.24) is 5.43 Å². The van der Waals surface area contributed by atoms with Crippen LogP contribution in [-0.4, -0.2) is 6.18 Å². The molecule has 0 spiro atoms. The molecule has 0 saturated carbocycles. The number of halogens is 5. The van der Waals surface area contributed by atoms with Gasteiger partial charge >= 0.3 is 6.18 Å². The van der Waals surface area contributed by atoms with Crippen molar-refractivity contribution in [3.63, 3.8) is 0 Å². The van der Waals surface area contributed by atoms with Gasteiger partial charge in [0, 0.05) is 22.0 Å². The molecule has 1 unspecified atom stereocenters. The summed E-state index contributed by atoms with van der Waals surface area (Å²) in [6.45, 7) is 0. The number of alkyl halides is 3. The summed E-state index contributed by atoms with van der Waals surface area (Å²) in [7, 11) is 0. The Hall–Kier alpha value is -0.300. The van der Waals surface area contributed by atoms with Crippen molar-refractivity contribution < 1.29 is 13.2 Å². The Kier molecular flexibility index (Phi) is 5.91. The number of hydrazine groups is 1. The highest BCUT2D eigenvalue weighted by Crippen LogP contribution is 2.31. The smallest absolute Gasteiger partial charge is 0.271 e. The van der Waals surface area contributed by atoms with E-state index in [1.54, 1.807) is 18.2 Å². The minimum absolute atomic E-state index is 0.0112. The lowest BCUT2D eigenvalue weighted by Gasteiger charge is -2.18. The molecule has 2 nitrogen and oxygen atoms in total. The lowest BCUT2D eigenvalue weighted by Crippen LogP contribution is -2.28. The van der Waals surface area contributed by atoms with E-state index in [4.69, 9.17) is 17.4 Å². The summed E-state index contributed by atoms with van der Waals surface area (Å²) in [5.74, 6) is 5.38. The second-order valence-corrected chi connectivity index (χ2v) is 5.18. The number of hydrogen-bond acceptors (Lipinski definition) is 2. The fraction of sp³-hybridized carbons (Fsp3) is 0.455. The van der Waals surface area contributed by atoms with E-state index < -0.39 is 12.6 Å². The zero-order valence-electron chi connectivity index (χ0n) is 9.40. The number of hydrogen-bond donors (Lipinski definition) is 2. The van der Waals surface area contributed by atoms with Gasteiger partial charge in [-0.3, -0.25) is 11.3 Å². The summed E-state index contributed by atoms with van der Waals surface area (Å²) in [5.41, 5.74) is 3.27. The SMILES string of the molecule is NNC(CCCC(F)(F)F)c1cc(Cl)ccc1Br. The lowest BCUT2D eigenvalue weighted by atomic mass is 10.0. The van der Waals surface area contributed by atoms with Gasteiger partial charge in [0.2, 0.25) is 0 Å². The topological polar surface area (TPSA) is 38.0 Å². The molecule has 102 valence electrons. The fourth-order valence-corrected chi connectivity index (χ4v) is 2.32. The minimum Gasteiger partial charge on any atom is -0.271 e. The van der Waals surface area contributed by atoms with Crippen LogP contribution in [0.15, 0.2) is 22.7 Å². The van der Waals surface area contributed by atoms with Crippen LogP contribution < -0.4 is 11.3 Å². The molecular formula is C11H13BrClF3N2. The summed E-state index contributed by atoms with van der Waals surface area (Å²) in [6.07, 6.45) is -4.65. The Morgan fingerprint density at radius 1 is 1.39 bits per heavy atom. The third kappa shape index (κ3) is 5.14. The van der Waals surface area contributed by atoms with Gasteiger partial charge in [0.05, 0.1) is 0 Å². The summed E-state index contributed by atoms with van der Waals surface area (Å²) < 4.78 is 37.0. The molecule has 0 saturated heterocycles. The van der Waals surface area contributed by atoms with Crippen molar-refractivity contribution in [2.75, 3.05) is 0 Å². The molecule has 18 heavy (non-hydrogen) atoms. The van der Waals surface area contributed by atoms with Crippen LogP contribution in [0.2, 0.25) is 5.02 Å². The molecular weight excluding hydrogens is 332 g/mol. The van der Waals surface area contributed by atoms with Gasteiger partial charge in [0.15, 0.2) is 0 Å². The largest absolute Gasteiger partial charge is 0.389 e. The van der Waals surface area contributed by atoms with E-state index in [0.29, 0.717) is 5.02 Å². The molecule has 0 radical (unpaired) electrons. The molecule has 7 heteroatoms. The predicted molar refractivity (Wildman–Crippen MR) is 69.1 cm³/mol. The second kappa shape index (κ2) is 6.75. The van der Waals surface area contributed by atoms with Gasteiger partial charge in [-0.2, -0.15) is 13.2 Å². The fourth-order valence-electron chi connectivity index (χ4n) is 1.62. The van der Waals surface area contributed by atoms with Gasteiger partial charge in [-0.05, 0) is 36.6 Å². The molecule has 0 aliphatic rings. The molecule has 0 aliphatic heterocycles. The van der Waals surface area contributed by atoms with E-state index in [1.807, 2.05) is 0 Å². The van der Waals surface area contributed by atoms with Gasteiger partial charge < -0.3 is 0 Å². The summed E-state index contributed by atoms with van der Waals surface area (Å²) in [5, 5.41) is 0.518. The van der Waals surface area contributed by atoms with E-state index in [2.05, 4.69) is 21.4 Å². The average Bonchev–Trinajstić information content (AvgIpc) is 2.27. The normalized spacial score (nSPS) is 13.7. The lowest BCUT2D eigenvalue weighted by molar-refractivity contribution is -0.135. The maximum atomic E-state index is 12.1. The van der Waals surface area contributed by atoms with Crippen molar-refractivity contribution in [2.24, 2.45) is 5.84 Å². The highest BCUT2D eigenvalue weighted by Gasteiger charge is 2.27. The molecule has 1 atom stereocenters. The van der Waals surface area contributed by atoms with Crippen molar-refractivity contribution in [3.8, 4) is 0 Å². The molecule has 1 aromatic carbocycles. The van der Waals surface area contributed by atoms with Gasteiger partial charge in [-0.25, -0.2) is 0 Å². The van der Waals surface area contributed by atoms with Crippen molar-refractivity contribution in [3.05, 3.63) is 33.3 Å². The molecule has 0 bridgehead atoms. The first kappa shape index (κ1) is 15.8. The number of rotatable bonds is 5. The summed E-state index contributed by atoms with van der Waals surface area (Å²) in [4.78, 5) is 0. The second-order valence-electron chi connectivity index (χ2n) is 3.89. The standard InChI is InChI=1S/C11H13BrClF3N2/c12-9-4-3-7(13)6-8(9)10(18-17)2-1-5-11(14,15)16/h3-4,6,10,18H,1-2,5,17H2. The Labute approximate surface area is 117 Å². The third-order valence-electron chi connectivity index (χ3n) is 2.49. The monoisotopic (exact) mass is 344 g/mol. The van der Waals surface area contributed by atoms with E-state index in [1.165, 1.54) is 0 Å². The van der Waals surface area contributed by atoms with Gasteiger partial charge in [-0.15, -0.1) is 0 Å². The number of benzene rings is 1. The first-order valence-electron chi connectivity index (χ1n) is 5.31. The van der Waals surface area contributed by atoms with Crippen LogP contribution in [0.4, 0.5) is 13.2 Å².